The molecular formula is C13H16F3N5O2. The first-order valence-corrected chi connectivity index (χ1v) is 6.78. The molecule has 0 fully saturated rings. The van der Waals surface area contributed by atoms with Crippen molar-refractivity contribution >= 4 is 11.6 Å². The van der Waals surface area contributed by atoms with E-state index < -0.39 is 12.8 Å². The van der Waals surface area contributed by atoms with E-state index in [1.807, 2.05) is 13.1 Å². The number of amides is 1. The van der Waals surface area contributed by atoms with Crippen LogP contribution in [0.15, 0.2) is 24.8 Å². The Morgan fingerprint density at radius 3 is 2.65 bits per heavy atom. The van der Waals surface area contributed by atoms with E-state index in [0.717, 1.165) is 10.2 Å². The summed E-state index contributed by atoms with van der Waals surface area (Å²) in [6.45, 7) is 0.640. The summed E-state index contributed by atoms with van der Waals surface area (Å²) in [5, 5.41) is 10.5. The Hall–Kier alpha value is -2.36. The second-order valence-electron chi connectivity index (χ2n) is 4.94. The molecule has 0 aliphatic heterocycles. The van der Waals surface area contributed by atoms with Crippen LogP contribution in [0.5, 0.6) is 0 Å². The van der Waals surface area contributed by atoms with Crippen LogP contribution in [-0.2, 0) is 22.8 Å². The number of anilines is 1. The normalized spacial score (nSPS) is 11.7. The van der Waals surface area contributed by atoms with Crippen molar-refractivity contribution in [2.45, 2.75) is 32.8 Å². The van der Waals surface area contributed by atoms with Crippen LogP contribution in [0.1, 0.15) is 12.0 Å². The molecule has 126 valence electrons. The molecule has 2 heterocycles. The Morgan fingerprint density at radius 2 is 2.00 bits per heavy atom. The number of alkyl halides is 3. The van der Waals surface area contributed by atoms with Crippen molar-refractivity contribution in [1.82, 2.24) is 19.6 Å². The van der Waals surface area contributed by atoms with Gasteiger partial charge < -0.3 is 10.1 Å². The van der Waals surface area contributed by atoms with Crippen molar-refractivity contribution in [1.29, 1.82) is 0 Å². The van der Waals surface area contributed by atoms with Crippen LogP contribution in [0.25, 0.3) is 0 Å². The van der Waals surface area contributed by atoms with Gasteiger partial charge >= 0.3 is 6.18 Å². The highest BCUT2D eigenvalue weighted by molar-refractivity contribution is 5.90. The van der Waals surface area contributed by atoms with Gasteiger partial charge in [-0.3, -0.25) is 9.48 Å². The SMILES string of the molecule is Cc1cnn(CCC(=O)Nc2cnn(COCC(F)(F)F)c2)c1. The van der Waals surface area contributed by atoms with Gasteiger partial charge in [0.15, 0.2) is 0 Å². The first-order valence-electron chi connectivity index (χ1n) is 6.78. The minimum absolute atomic E-state index is 0.219. The van der Waals surface area contributed by atoms with Crippen molar-refractivity contribution in [3.05, 3.63) is 30.4 Å². The van der Waals surface area contributed by atoms with Crippen LogP contribution in [0.4, 0.5) is 18.9 Å². The van der Waals surface area contributed by atoms with Gasteiger partial charge in [0.2, 0.25) is 5.91 Å². The third kappa shape index (κ3) is 6.10. The van der Waals surface area contributed by atoms with Crippen molar-refractivity contribution < 1.29 is 22.7 Å². The lowest BCUT2D eigenvalue weighted by molar-refractivity contribution is -0.182. The molecule has 0 aliphatic carbocycles. The fourth-order valence-corrected chi connectivity index (χ4v) is 1.78. The zero-order valence-corrected chi connectivity index (χ0v) is 12.4. The third-order valence-corrected chi connectivity index (χ3v) is 2.74. The van der Waals surface area contributed by atoms with Crippen molar-refractivity contribution in [2.24, 2.45) is 0 Å². The largest absolute Gasteiger partial charge is 0.411 e. The standard InChI is InChI=1S/C13H16F3N5O2/c1-10-4-17-20(6-10)3-2-12(22)19-11-5-18-21(7-11)9-23-8-13(14,15)16/h4-7H,2-3,8-9H2,1H3,(H,19,22). The van der Waals surface area contributed by atoms with Gasteiger partial charge in [0.05, 0.1) is 24.3 Å². The van der Waals surface area contributed by atoms with E-state index in [1.165, 1.54) is 12.4 Å². The zero-order valence-electron chi connectivity index (χ0n) is 12.4. The number of carbonyl (C=O) groups is 1. The lowest BCUT2D eigenvalue weighted by Crippen LogP contribution is -2.18. The van der Waals surface area contributed by atoms with E-state index in [4.69, 9.17) is 0 Å². The van der Waals surface area contributed by atoms with Crippen LogP contribution < -0.4 is 5.32 Å². The van der Waals surface area contributed by atoms with Gasteiger partial charge in [-0.15, -0.1) is 0 Å². The van der Waals surface area contributed by atoms with Crippen LogP contribution in [0, 0.1) is 6.92 Å². The number of aryl methyl sites for hydroxylation is 2. The molecule has 0 unspecified atom stereocenters. The fraction of sp³-hybridized carbons (Fsp3) is 0.462. The molecule has 0 aromatic carbocycles. The Bertz CT molecular complexity index is 650. The molecule has 1 N–H and O–H groups in total. The third-order valence-electron chi connectivity index (χ3n) is 2.74. The first-order chi connectivity index (χ1) is 10.8. The number of carbonyl (C=O) groups excluding carboxylic acids is 1. The van der Waals surface area contributed by atoms with Gasteiger partial charge in [-0.1, -0.05) is 0 Å². The maximum atomic E-state index is 11.9. The summed E-state index contributed by atoms with van der Waals surface area (Å²) in [6, 6.07) is 0. The van der Waals surface area contributed by atoms with Crippen LogP contribution in [0.3, 0.4) is 0 Å². The number of nitrogens with zero attached hydrogens (tertiary/aromatic N) is 4. The molecule has 10 heteroatoms. The summed E-state index contributed by atoms with van der Waals surface area (Å²) in [6.07, 6.45) is 2.09. The summed E-state index contributed by atoms with van der Waals surface area (Å²) in [4.78, 5) is 11.8. The monoisotopic (exact) mass is 331 g/mol. The Morgan fingerprint density at radius 1 is 1.26 bits per heavy atom. The summed E-state index contributed by atoms with van der Waals surface area (Å²) in [5.41, 5.74) is 1.40. The average molecular weight is 331 g/mol. The predicted octanol–water partition coefficient (Wildman–Crippen LogP) is 1.95. The summed E-state index contributed by atoms with van der Waals surface area (Å²) in [7, 11) is 0. The number of hydrogen-bond acceptors (Lipinski definition) is 4. The molecule has 0 aliphatic rings. The van der Waals surface area contributed by atoms with Gasteiger partial charge in [0, 0.05) is 19.2 Å². The number of aromatic nitrogens is 4. The second-order valence-corrected chi connectivity index (χ2v) is 4.94. The number of hydrogen-bond donors (Lipinski definition) is 1. The van der Waals surface area contributed by atoms with E-state index in [9.17, 15) is 18.0 Å². The average Bonchev–Trinajstić information content (AvgIpc) is 3.04. The van der Waals surface area contributed by atoms with Gasteiger partial charge in [0.1, 0.15) is 13.3 Å². The van der Waals surface area contributed by atoms with E-state index in [1.54, 1.807) is 10.9 Å². The van der Waals surface area contributed by atoms with Gasteiger partial charge in [-0.2, -0.15) is 23.4 Å². The van der Waals surface area contributed by atoms with E-state index in [0.29, 0.717) is 12.2 Å². The molecule has 0 bridgehead atoms. The van der Waals surface area contributed by atoms with E-state index in [2.05, 4.69) is 20.3 Å². The van der Waals surface area contributed by atoms with Gasteiger partial charge in [0.25, 0.3) is 0 Å². The molecule has 2 rings (SSSR count). The Balaban J connectivity index is 1.73. The molecule has 0 spiro atoms. The summed E-state index contributed by atoms with van der Waals surface area (Å²) < 4.78 is 43.1. The fourth-order valence-electron chi connectivity index (χ4n) is 1.78. The molecular weight excluding hydrogens is 315 g/mol. The predicted molar refractivity (Wildman–Crippen MR) is 74.4 cm³/mol. The zero-order chi connectivity index (χ0) is 16.9. The highest BCUT2D eigenvalue weighted by Gasteiger charge is 2.27. The summed E-state index contributed by atoms with van der Waals surface area (Å²) >= 11 is 0. The Kier molecular flexibility index (Phi) is 5.37. The highest BCUT2D eigenvalue weighted by Crippen LogP contribution is 2.15. The van der Waals surface area contributed by atoms with Crippen molar-refractivity contribution in [3.63, 3.8) is 0 Å². The van der Waals surface area contributed by atoms with Crippen LogP contribution >= 0.6 is 0 Å². The van der Waals surface area contributed by atoms with Gasteiger partial charge in [-0.25, -0.2) is 4.68 Å². The smallest absolute Gasteiger partial charge is 0.350 e. The molecule has 0 saturated heterocycles. The molecule has 23 heavy (non-hydrogen) atoms. The van der Waals surface area contributed by atoms with E-state index in [-0.39, 0.29) is 19.1 Å². The topological polar surface area (TPSA) is 74.0 Å². The number of ether oxygens (including phenoxy) is 1. The molecule has 1 amide bonds. The number of halogens is 3. The lowest BCUT2D eigenvalue weighted by atomic mass is 10.4. The maximum absolute atomic E-state index is 11.9. The minimum atomic E-state index is -4.38. The number of nitrogens with one attached hydrogen (secondary N) is 1. The molecule has 0 saturated carbocycles. The van der Waals surface area contributed by atoms with E-state index >= 15 is 0 Å². The van der Waals surface area contributed by atoms with Crippen molar-refractivity contribution in [3.8, 4) is 0 Å². The molecule has 2 aromatic heterocycles. The molecule has 0 atom stereocenters. The first kappa shape index (κ1) is 17.0. The van der Waals surface area contributed by atoms with Gasteiger partial charge in [-0.05, 0) is 12.5 Å². The van der Waals surface area contributed by atoms with Crippen molar-refractivity contribution in [2.75, 3.05) is 11.9 Å². The summed E-state index contributed by atoms with van der Waals surface area (Å²) in [5.74, 6) is -0.242. The highest BCUT2D eigenvalue weighted by atomic mass is 19.4. The van der Waals surface area contributed by atoms with Crippen LogP contribution in [-0.4, -0.2) is 38.3 Å². The Labute approximate surface area is 130 Å². The van der Waals surface area contributed by atoms with Crippen LogP contribution in [0.2, 0.25) is 0 Å². The molecule has 7 nitrogen and oxygen atoms in total. The minimum Gasteiger partial charge on any atom is -0.350 e. The quantitative estimate of drug-likeness (QED) is 0.842. The lowest BCUT2D eigenvalue weighted by Gasteiger charge is -2.07. The molecule has 0 radical (unpaired) electrons. The number of rotatable bonds is 7. The second kappa shape index (κ2) is 7.27. The maximum Gasteiger partial charge on any atom is 0.411 e. The molecule has 2 aromatic rings.